The number of rotatable bonds is 28. The molecule has 0 aliphatic rings. The number of unbranched alkanes of at least 4 members (excludes halogenated alkanes) is 8. The molecule has 0 radical (unpaired) electrons. The van der Waals surface area contributed by atoms with Crippen molar-refractivity contribution in [3.05, 3.63) is 72.3 Å². The zero-order chi connectivity index (χ0) is 41.9. The van der Waals surface area contributed by atoms with Gasteiger partial charge in [0, 0.05) is 12.8 Å². The maximum absolute atomic E-state index is 13.9. The summed E-state index contributed by atoms with van der Waals surface area (Å²) in [4.78, 5) is 74.8. The third-order valence-corrected chi connectivity index (χ3v) is 8.71. The molecule has 2 aromatic rings. The number of carboxylic acid groups (broad SMARTS) is 2. The lowest BCUT2D eigenvalue weighted by Crippen LogP contribution is -2.54. The highest BCUT2D eigenvalue weighted by Gasteiger charge is 2.49. The van der Waals surface area contributed by atoms with Gasteiger partial charge in [0.1, 0.15) is 29.8 Å². The number of aliphatic carboxylic acids is 2. The summed E-state index contributed by atoms with van der Waals surface area (Å²) in [6.45, 7) is 3.00. The fraction of sp³-hybridized carbons (Fsp3) is 0.465. The van der Waals surface area contributed by atoms with Gasteiger partial charge in [0.2, 0.25) is 5.91 Å². The molecule has 57 heavy (non-hydrogen) atoms. The summed E-state index contributed by atoms with van der Waals surface area (Å²) in [5, 5.41) is 33.0. The second kappa shape index (κ2) is 27.0. The topological polar surface area (TPSA) is 212 Å². The van der Waals surface area contributed by atoms with E-state index in [0.29, 0.717) is 31.4 Å². The van der Waals surface area contributed by atoms with Crippen molar-refractivity contribution in [1.82, 2.24) is 5.32 Å². The summed E-state index contributed by atoms with van der Waals surface area (Å²) in [5.74, 6) is 1.01. The van der Waals surface area contributed by atoms with Crippen LogP contribution in [0.1, 0.15) is 103 Å². The summed E-state index contributed by atoms with van der Waals surface area (Å²) < 4.78 is 21.1. The van der Waals surface area contributed by atoms with Gasteiger partial charge in [-0.25, -0.2) is 14.4 Å². The van der Waals surface area contributed by atoms with E-state index in [9.17, 15) is 44.1 Å². The van der Waals surface area contributed by atoms with Crippen LogP contribution in [0.25, 0.3) is 5.57 Å². The van der Waals surface area contributed by atoms with E-state index in [2.05, 4.69) is 24.1 Å². The van der Waals surface area contributed by atoms with Gasteiger partial charge in [-0.05, 0) is 62.4 Å². The van der Waals surface area contributed by atoms with Crippen LogP contribution in [0, 0.1) is 17.8 Å². The van der Waals surface area contributed by atoms with Crippen LogP contribution in [0.5, 0.6) is 11.5 Å². The minimum atomic E-state index is -3.13. The van der Waals surface area contributed by atoms with E-state index >= 15 is 0 Å². The summed E-state index contributed by atoms with van der Waals surface area (Å²) >= 11 is 0. The van der Waals surface area contributed by atoms with Crippen LogP contribution in [0.4, 0.5) is 4.79 Å². The predicted octanol–water partition coefficient (Wildman–Crippen LogP) is 6.67. The molecule has 4 N–H and O–H groups in total. The summed E-state index contributed by atoms with van der Waals surface area (Å²) in [5.41, 5.74) is -3.30. The molecular formula is C43H53NO13. The number of benzene rings is 2. The number of para-hydroxylation sites is 1. The normalized spacial score (nSPS) is 12.8. The first-order valence-corrected chi connectivity index (χ1v) is 19.0. The lowest BCUT2D eigenvalue weighted by molar-refractivity contribution is -0.172. The van der Waals surface area contributed by atoms with Gasteiger partial charge in [0.15, 0.2) is 18.6 Å². The molecule has 0 bridgehead atoms. The Kier molecular flexibility index (Phi) is 22.4. The highest BCUT2D eigenvalue weighted by atomic mass is 16.8. The summed E-state index contributed by atoms with van der Waals surface area (Å²) in [6.07, 6.45) is 7.90. The number of aliphatic hydroxyl groups is 1. The molecule has 0 saturated carbocycles. The number of nitrogens with one attached hydrogen (secondary N) is 1. The van der Waals surface area contributed by atoms with Crippen LogP contribution < -0.4 is 14.8 Å². The van der Waals surface area contributed by atoms with E-state index in [4.69, 9.17) is 18.9 Å². The fourth-order valence-corrected chi connectivity index (χ4v) is 5.60. The number of carboxylic acids is 2. The largest absolute Gasteiger partial charge is 0.515 e. The number of Topliss-reactive ketones (excluding diaryl/α,β-unsaturated/α-hetero) is 1. The van der Waals surface area contributed by atoms with E-state index in [1.807, 2.05) is 0 Å². The van der Waals surface area contributed by atoms with Crippen molar-refractivity contribution in [1.29, 1.82) is 0 Å². The average molecular weight is 792 g/mol. The van der Waals surface area contributed by atoms with Crippen molar-refractivity contribution in [3.8, 4) is 23.3 Å². The maximum atomic E-state index is 13.9. The standard InChI is InChI=1S/C43H53NO13/c1-3-5-7-10-14-19-33(46)20-15-11-8-9-12-18-23-37(43(53,41(50)51)29-38(47)48)39(49)44-40(55-31-56-42(52)57-35-21-16-13-17-22-35)36(30-45)32-24-26-34(27-25-32)54-28-6-4-2/h13,16-18,21-27,37,40,53H,3,5,7-12,14-15,19-20,28-29,31H2,1-2H3,(H,44,49)(H,47,48)(H,50,51)/b23-18+/t37-,40+,43+/m1/s1. The molecule has 3 atom stereocenters. The summed E-state index contributed by atoms with van der Waals surface area (Å²) in [6, 6.07) is 13.8. The number of hydrogen-bond donors (Lipinski definition) is 4. The third-order valence-electron chi connectivity index (χ3n) is 8.71. The molecule has 0 spiro atoms. The minimum Gasteiger partial charge on any atom is -0.481 e. The molecule has 0 aliphatic carbocycles. The van der Waals surface area contributed by atoms with E-state index in [1.54, 1.807) is 31.1 Å². The van der Waals surface area contributed by atoms with Gasteiger partial charge >= 0.3 is 18.1 Å². The van der Waals surface area contributed by atoms with Crippen molar-refractivity contribution in [2.24, 2.45) is 5.92 Å². The molecule has 0 fully saturated rings. The number of allylic oxidation sites excluding steroid dienone is 1. The van der Waals surface area contributed by atoms with Crippen molar-refractivity contribution in [3.63, 3.8) is 0 Å². The summed E-state index contributed by atoms with van der Waals surface area (Å²) in [7, 11) is 0. The molecule has 14 nitrogen and oxygen atoms in total. The molecule has 308 valence electrons. The number of amides is 1. The van der Waals surface area contributed by atoms with Crippen LogP contribution >= 0.6 is 0 Å². The molecule has 1 amide bonds. The van der Waals surface area contributed by atoms with Crippen LogP contribution in [0.15, 0.2) is 66.7 Å². The van der Waals surface area contributed by atoms with Gasteiger partial charge in [0.25, 0.3) is 0 Å². The number of ether oxygens (including phenoxy) is 4. The fourth-order valence-electron chi connectivity index (χ4n) is 5.60. The first-order chi connectivity index (χ1) is 27.4. The quantitative estimate of drug-likeness (QED) is 0.0135. The monoisotopic (exact) mass is 791 g/mol. The van der Waals surface area contributed by atoms with Crippen molar-refractivity contribution in [2.75, 3.05) is 13.4 Å². The second-order valence-corrected chi connectivity index (χ2v) is 13.1. The molecule has 0 saturated heterocycles. The average Bonchev–Trinajstić information content (AvgIpc) is 3.18. The van der Waals surface area contributed by atoms with Crippen molar-refractivity contribution < 1.29 is 63.0 Å². The molecule has 2 rings (SSSR count). The SMILES string of the molecule is CC#CCOc1ccc(C(=C=O)[C@@H](NC(=O)[C@@H](/C=C/CCCCCCC(=O)CCCCCCC)[C@@](O)(CC(=O)O)C(=O)O)OCOC(=O)Oc2ccccc2)cc1. The third kappa shape index (κ3) is 18.2. The molecule has 0 unspecified atom stereocenters. The Balaban J connectivity index is 2.23. The van der Waals surface area contributed by atoms with Crippen molar-refractivity contribution >= 4 is 41.3 Å². The minimum absolute atomic E-state index is 0.0997. The van der Waals surface area contributed by atoms with E-state index in [0.717, 1.165) is 51.0 Å². The molecule has 0 aliphatic heterocycles. The van der Waals surface area contributed by atoms with Crippen molar-refractivity contribution in [2.45, 2.75) is 109 Å². The number of hydrogen-bond acceptors (Lipinski definition) is 11. The maximum Gasteiger partial charge on any atom is 0.515 e. The van der Waals surface area contributed by atoms with E-state index in [1.165, 1.54) is 48.9 Å². The van der Waals surface area contributed by atoms with Gasteiger partial charge in [-0.1, -0.05) is 93.9 Å². The van der Waals surface area contributed by atoms with Gasteiger partial charge in [0.05, 0.1) is 17.9 Å². The van der Waals surface area contributed by atoms with Crippen LogP contribution in [0.3, 0.4) is 0 Å². The Labute approximate surface area is 333 Å². The lowest BCUT2D eigenvalue weighted by atomic mass is 9.83. The van der Waals surface area contributed by atoms with E-state index in [-0.39, 0.29) is 29.3 Å². The van der Waals surface area contributed by atoms with Crippen LogP contribution in [-0.4, -0.2) is 76.3 Å². The predicted molar refractivity (Wildman–Crippen MR) is 209 cm³/mol. The molecule has 2 aromatic carbocycles. The molecular weight excluding hydrogens is 738 g/mol. The Hall–Kier alpha value is -5.74. The Bertz CT molecular complexity index is 1720. The Morgan fingerprint density at radius 3 is 2.11 bits per heavy atom. The highest BCUT2D eigenvalue weighted by Crippen LogP contribution is 2.27. The first kappa shape index (κ1) is 47.4. The smallest absolute Gasteiger partial charge is 0.481 e. The lowest BCUT2D eigenvalue weighted by Gasteiger charge is -2.30. The second-order valence-electron chi connectivity index (χ2n) is 13.1. The van der Waals surface area contributed by atoms with Gasteiger partial charge in [-0.2, -0.15) is 0 Å². The molecule has 14 heteroatoms. The Morgan fingerprint density at radius 2 is 1.51 bits per heavy atom. The zero-order valence-electron chi connectivity index (χ0n) is 32.5. The van der Waals surface area contributed by atoms with E-state index < -0.39 is 55.0 Å². The van der Waals surface area contributed by atoms with Gasteiger partial charge in [-0.15, -0.1) is 5.92 Å². The highest BCUT2D eigenvalue weighted by molar-refractivity contribution is 5.96. The van der Waals surface area contributed by atoms with Crippen LogP contribution in [-0.2, 0) is 33.4 Å². The Morgan fingerprint density at radius 1 is 0.860 bits per heavy atom. The van der Waals surface area contributed by atoms with Gasteiger partial charge in [-0.3, -0.25) is 14.4 Å². The van der Waals surface area contributed by atoms with Gasteiger partial charge < -0.3 is 39.6 Å². The zero-order valence-corrected chi connectivity index (χ0v) is 32.5. The molecule has 0 aromatic heterocycles. The number of carbonyl (C=O) groups is 5. The molecule has 0 heterocycles. The van der Waals surface area contributed by atoms with Crippen LogP contribution in [0.2, 0.25) is 0 Å². The number of carbonyl (C=O) groups excluding carboxylic acids is 4. The number of ketones is 1. The first-order valence-electron chi connectivity index (χ1n) is 19.0.